The predicted molar refractivity (Wildman–Crippen MR) is 92.2 cm³/mol. The van der Waals surface area contributed by atoms with Crippen LogP contribution in [-0.4, -0.2) is 66.2 Å². The molecule has 1 aromatic rings. The zero-order valence-corrected chi connectivity index (χ0v) is 14.5. The molecule has 1 fully saturated rings. The molecule has 1 amide bonds. The van der Waals surface area contributed by atoms with E-state index in [1.54, 1.807) is 0 Å². The summed E-state index contributed by atoms with van der Waals surface area (Å²) in [7, 11) is 2.04. The minimum Gasteiger partial charge on any atom is -0.395 e. The van der Waals surface area contributed by atoms with E-state index in [1.165, 1.54) is 5.56 Å². The van der Waals surface area contributed by atoms with Gasteiger partial charge in [0.05, 0.1) is 13.2 Å². The van der Waals surface area contributed by atoms with E-state index in [9.17, 15) is 4.79 Å². The number of carbonyl (C=O) groups excluding carboxylic acids is 1. The number of aliphatic hydroxyl groups is 1. The van der Waals surface area contributed by atoms with Gasteiger partial charge in [-0.15, -0.1) is 0 Å². The van der Waals surface area contributed by atoms with Crippen LogP contribution in [-0.2, 0) is 11.3 Å². The molecule has 1 aliphatic heterocycles. The lowest BCUT2D eigenvalue weighted by Crippen LogP contribution is -2.45. The summed E-state index contributed by atoms with van der Waals surface area (Å²) in [5, 5.41) is 12.1. The summed E-state index contributed by atoms with van der Waals surface area (Å²) in [6.07, 6.45) is 1.04. The monoisotopic (exact) mass is 319 g/mol. The topological polar surface area (TPSA) is 55.8 Å². The molecule has 2 rings (SSSR count). The van der Waals surface area contributed by atoms with Crippen LogP contribution in [0.5, 0.6) is 0 Å². The van der Waals surface area contributed by atoms with E-state index in [0.717, 1.165) is 18.5 Å². The van der Waals surface area contributed by atoms with Crippen molar-refractivity contribution in [2.45, 2.75) is 38.9 Å². The first-order valence-electron chi connectivity index (χ1n) is 8.38. The predicted octanol–water partition coefficient (Wildman–Crippen LogP) is 0.998. The number of carbonyl (C=O) groups is 1. The van der Waals surface area contributed by atoms with Crippen LogP contribution < -0.4 is 5.32 Å². The van der Waals surface area contributed by atoms with E-state index >= 15 is 0 Å². The van der Waals surface area contributed by atoms with Crippen LogP contribution in [0.2, 0.25) is 0 Å². The van der Waals surface area contributed by atoms with Crippen molar-refractivity contribution in [3.63, 3.8) is 0 Å². The normalized spacial score (nSPS) is 21.8. The first-order chi connectivity index (χ1) is 11.0. The highest BCUT2D eigenvalue weighted by Gasteiger charge is 2.33. The van der Waals surface area contributed by atoms with Gasteiger partial charge in [0.15, 0.2) is 0 Å². The van der Waals surface area contributed by atoms with Crippen molar-refractivity contribution >= 4 is 5.91 Å². The molecule has 0 aromatic heterocycles. The molecule has 0 spiro atoms. The second-order valence-corrected chi connectivity index (χ2v) is 6.53. The molecular weight excluding hydrogens is 290 g/mol. The second-order valence-electron chi connectivity index (χ2n) is 6.53. The molecule has 1 aliphatic rings. The van der Waals surface area contributed by atoms with Gasteiger partial charge >= 0.3 is 0 Å². The van der Waals surface area contributed by atoms with Gasteiger partial charge in [-0.2, -0.15) is 0 Å². The molecule has 2 N–H and O–H groups in total. The summed E-state index contributed by atoms with van der Waals surface area (Å²) >= 11 is 0. The fraction of sp³-hybridized carbons (Fsp3) is 0.611. The highest BCUT2D eigenvalue weighted by molar-refractivity contribution is 5.78. The average molecular weight is 319 g/mol. The van der Waals surface area contributed by atoms with Gasteiger partial charge in [-0.25, -0.2) is 0 Å². The molecular formula is C18H29N3O2. The average Bonchev–Trinajstić information content (AvgIpc) is 2.88. The Morgan fingerprint density at radius 1 is 1.39 bits per heavy atom. The molecule has 5 nitrogen and oxygen atoms in total. The van der Waals surface area contributed by atoms with E-state index in [-0.39, 0.29) is 12.5 Å². The summed E-state index contributed by atoms with van der Waals surface area (Å²) in [5.41, 5.74) is 2.35. The van der Waals surface area contributed by atoms with Crippen LogP contribution in [0.25, 0.3) is 0 Å². The Hall–Kier alpha value is -1.43. The maximum Gasteiger partial charge on any atom is 0.234 e. The molecule has 128 valence electrons. The summed E-state index contributed by atoms with van der Waals surface area (Å²) in [5.74, 6) is 0.0721. The van der Waals surface area contributed by atoms with Gasteiger partial charge in [-0.3, -0.25) is 14.6 Å². The number of aryl methyl sites for hydroxylation is 1. The van der Waals surface area contributed by atoms with Crippen LogP contribution >= 0.6 is 0 Å². The first kappa shape index (κ1) is 17.9. The van der Waals surface area contributed by atoms with Crippen molar-refractivity contribution < 1.29 is 9.90 Å². The number of aliphatic hydroxyl groups excluding tert-OH is 1. The molecule has 0 radical (unpaired) electrons. The summed E-state index contributed by atoms with van der Waals surface area (Å²) in [6, 6.07) is 8.96. The van der Waals surface area contributed by atoms with E-state index in [1.807, 2.05) is 19.2 Å². The number of likely N-dealkylation sites (tertiary alicyclic amines) is 1. The summed E-state index contributed by atoms with van der Waals surface area (Å²) in [6.45, 7) is 7.03. The van der Waals surface area contributed by atoms with Gasteiger partial charge in [0, 0.05) is 31.7 Å². The lowest BCUT2D eigenvalue weighted by Gasteiger charge is -2.30. The summed E-state index contributed by atoms with van der Waals surface area (Å²) < 4.78 is 0. The van der Waals surface area contributed by atoms with Gasteiger partial charge in [-0.1, -0.05) is 29.8 Å². The van der Waals surface area contributed by atoms with Crippen molar-refractivity contribution in [3.8, 4) is 0 Å². The fourth-order valence-electron chi connectivity index (χ4n) is 3.27. The van der Waals surface area contributed by atoms with Crippen molar-refractivity contribution in [2.24, 2.45) is 0 Å². The second kappa shape index (κ2) is 8.43. The van der Waals surface area contributed by atoms with E-state index < -0.39 is 0 Å². The Kier molecular flexibility index (Phi) is 6.57. The molecule has 23 heavy (non-hydrogen) atoms. The molecule has 0 bridgehead atoms. The van der Waals surface area contributed by atoms with Gasteiger partial charge in [-0.05, 0) is 32.9 Å². The van der Waals surface area contributed by atoms with Crippen LogP contribution in [0.3, 0.4) is 0 Å². The van der Waals surface area contributed by atoms with Crippen molar-refractivity contribution in [1.82, 2.24) is 15.1 Å². The smallest absolute Gasteiger partial charge is 0.234 e. The lowest BCUT2D eigenvalue weighted by molar-refractivity contribution is -0.122. The number of hydrogen-bond donors (Lipinski definition) is 2. The SMILES string of the molecule is Cc1ccc(CNC(=O)CN2CC[C@@H](N(C)CCO)[C@H]2C)cc1. The third-order valence-corrected chi connectivity index (χ3v) is 4.82. The number of likely N-dealkylation sites (N-methyl/N-ethyl adjacent to an activating group) is 1. The first-order valence-corrected chi connectivity index (χ1v) is 8.38. The van der Waals surface area contributed by atoms with Crippen molar-refractivity contribution in [1.29, 1.82) is 0 Å². The van der Waals surface area contributed by atoms with Crippen LogP contribution in [0.4, 0.5) is 0 Å². The van der Waals surface area contributed by atoms with Crippen LogP contribution in [0.15, 0.2) is 24.3 Å². The number of hydrogen-bond acceptors (Lipinski definition) is 4. The Balaban J connectivity index is 1.78. The number of rotatable bonds is 7. The Morgan fingerprint density at radius 3 is 2.74 bits per heavy atom. The Labute approximate surface area is 139 Å². The maximum absolute atomic E-state index is 12.2. The third kappa shape index (κ3) is 5.03. The summed E-state index contributed by atoms with van der Waals surface area (Å²) in [4.78, 5) is 16.6. The molecule has 0 saturated carbocycles. The molecule has 2 atom stereocenters. The van der Waals surface area contributed by atoms with E-state index in [4.69, 9.17) is 5.11 Å². The number of amides is 1. The van der Waals surface area contributed by atoms with Gasteiger partial charge in [0.2, 0.25) is 5.91 Å². The Morgan fingerprint density at radius 2 is 2.09 bits per heavy atom. The van der Waals surface area contributed by atoms with Gasteiger partial charge in [0.1, 0.15) is 0 Å². The van der Waals surface area contributed by atoms with Gasteiger partial charge < -0.3 is 10.4 Å². The number of nitrogens with zero attached hydrogens (tertiary/aromatic N) is 2. The molecule has 1 heterocycles. The van der Waals surface area contributed by atoms with Gasteiger partial charge in [0.25, 0.3) is 0 Å². The fourth-order valence-corrected chi connectivity index (χ4v) is 3.27. The quantitative estimate of drug-likeness (QED) is 0.787. The number of benzene rings is 1. The molecule has 1 aromatic carbocycles. The van der Waals surface area contributed by atoms with Crippen molar-refractivity contribution in [2.75, 3.05) is 33.3 Å². The molecule has 0 aliphatic carbocycles. The Bertz CT molecular complexity index is 503. The van der Waals surface area contributed by atoms with Crippen LogP contribution in [0, 0.1) is 6.92 Å². The minimum atomic E-state index is 0.0721. The van der Waals surface area contributed by atoms with Crippen molar-refractivity contribution in [3.05, 3.63) is 35.4 Å². The molecule has 0 unspecified atom stereocenters. The highest BCUT2D eigenvalue weighted by atomic mass is 16.3. The lowest BCUT2D eigenvalue weighted by atomic mass is 10.1. The van der Waals surface area contributed by atoms with Crippen LogP contribution in [0.1, 0.15) is 24.5 Å². The third-order valence-electron chi connectivity index (χ3n) is 4.82. The largest absolute Gasteiger partial charge is 0.395 e. The maximum atomic E-state index is 12.2. The standard InChI is InChI=1S/C18H29N3O2/c1-14-4-6-16(7-5-14)12-19-18(23)13-21-9-8-17(15(21)2)20(3)10-11-22/h4-7,15,17,22H,8-13H2,1-3H3,(H,19,23)/t15-,17-/m1/s1. The number of nitrogens with one attached hydrogen (secondary N) is 1. The molecule has 1 saturated heterocycles. The zero-order valence-electron chi connectivity index (χ0n) is 14.5. The zero-order chi connectivity index (χ0) is 16.8. The van der Waals surface area contributed by atoms with E-state index in [2.05, 4.69) is 41.1 Å². The van der Waals surface area contributed by atoms with E-state index in [0.29, 0.717) is 31.7 Å². The minimum absolute atomic E-state index is 0.0721. The molecule has 5 heteroatoms. The highest BCUT2D eigenvalue weighted by Crippen LogP contribution is 2.21.